The van der Waals surface area contributed by atoms with Crippen molar-refractivity contribution in [2.75, 3.05) is 20.7 Å². The molecule has 72 valence electrons. The van der Waals surface area contributed by atoms with E-state index in [1.54, 1.807) is 21.0 Å². The summed E-state index contributed by atoms with van der Waals surface area (Å²) in [5.41, 5.74) is 0.213. The van der Waals surface area contributed by atoms with Crippen molar-refractivity contribution in [2.24, 2.45) is 4.99 Å². The average molecular weight is 184 g/mol. The number of carbonyl (C=O) groups is 1. The number of likely N-dealkylation sites (N-methyl/N-ethyl adjacent to an activating group) is 1. The Kier molecular flexibility index (Phi) is 5.23. The summed E-state index contributed by atoms with van der Waals surface area (Å²) in [5, 5.41) is 0. The Balaban J connectivity index is 4.60. The van der Waals surface area contributed by atoms with Crippen molar-refractivity contribution in [2.45, 2.75) is 6.92 Å². The molecule has 0 bridgehead atoms. The lowest BCUT2D eigenvalue weighted by Gasteiger charge is -2.13. The lowest BCUT2D eigenvalue weighted by atomic mass is 10.4. The minimum absolute atomic E-state index is 0.213. The van der Waals surface area contributed by atoms with E-state index >= 15 is 0 Å². The Morgan fingerprint density at radius 1 is 1.62 bits per heavy atom. The van der Waals surface area contributed by atoms with Crippen LogP contribution in [-0.4, -0.2) is 37.7 Å². The van der Waals surface area contributed by atoms with E-state index in [2.05, 4.69) is 4.99 Å². The predicted octanol–water partition coefficient (Wildman–Crippen LogP) is 0.288. The van der Waals surface area contributed by atoms with Crippen LogP contribution < -0.4 is 0 Å². The van der Waals surface area contributed by atoms with E-state index in [0.717, 1.165) is 6.20 Å². The molecule has 13 heavy (non-hydrogen) atoms. The van der Waals surface area contributed by atoms with Crippen LogP contribution in [-0.2, 0) is 14.3 Å². The molecule has 0 unspecified atom stereocenters. The van der Waals surface area contributed by atoms with Gasteiger partial charge < -0.3 is 9.64 Å². The van der Waals surface area contributed by atoms with Gasteiger partial charge in [0.1, 0.15) is 5.70 Å². The molecule has 0 saturated heterocycles. The maximum absolute atomic E-state index is 11.2. The fraction of sp³-hybridized carbons (Fsp3) is 0.500. The molecule has 0 aromatic heterocycles. The molecule has 0 aliphatic carbocycles. The summed E-state index contributed by atoms with van der Waals surface area (Å²) in [5.74, 6) is -0.508. The first kappa shape index (κ1) is 11.4. The van der Waals surface area contributed by atoms with Crippen molar-refractivity contribution in [3.63, 3.8) is 0 Å². The van der Waals surface area contributed by atoms with Gasteiger partial charge in [-0.3, -0.25) is 0 Å². The number of carbonyl (C=O) groups excluding carboxylic acids is 2. The fourth-order valence-corrected chi connectivity index (χ4v) is 0.643. The second-order valence-electron chi connectivity index (χ2n) is 2.35. The van der Waals surface area contributed by atoms with E-state index in [4.69, 9.17) is 4.74 Å². The zero-order chi connectivity index (χ0) is 10.3. The van der Waals surface area contributed by atoms with Gasteiger partial charge in [0, 0.05) is 14.1 Å². The number of rotatable bonds is 4. The van der Waals surface area contributed by atoms with E-state index in [1.807, 2.05) is 0 Å². The number of aliphatic imine (C=N–C) groups is 1. The number of hydrogen-bond acceptors (Lipinski definition) is 5. The number of hydrogen-bond donors (Lipinski definition) is 0. The van der Waals surface area contributed by atoms with Gasteiger partial charge >= 0.3 is 5.97 Å². The van der Waals surface area contributed by atoms with Crippen molar-refractivity contribution in [1.29, 1.82) is 0 Å². The quantitative estimate of drug-likeness (QED) is 0.272. The minimum Gasteiger partial charge on any atom is -0.461 e. The van der Waals surface area contributed by atoms with Crippen molar-refractivity contribution in [3.05, 3.63) is 11.9 Å². The highest BCUT2D eigenvalue weighted by Gasteiger charge is 2.11. The Bertz CT molecular complexity index is 252. The molecule has 0 atom stereocenters. The summed E-state index contributed by atoms with van der Waals surface area (Å²) in [6, 6.07) is 0. The lowest BCUT2D eigenvalue weighted by molar-refractivity contribution is -0.140. The maximum atomic E-state index is 11.2. The van der Waals surface area contributed by atoms with E-state index in [-0.39, 0.29) is 12.3 Å². The first-order valence-corrected chi connectivity index (χ1v) is 3.75. The van der Waals surface area contributed by atoms with Crippen LogP contribution in [0.4, 0.5) is 0 Å². The molecule has 0 radical (unpaired) electrons. The summed E-state index contributed by atoms with van der Waals surface area (Å²) in [6.45, 7) is 1.99. The molecule has 0 spiro atoms. The number of nitrogens with zero attached hydrogens (tertiary/aromatic N) is 2. The molecule has 0 fully saturated rings. The van der Waals surface area contributed by atoms with Gasteiger partial charge in [-0.05, 0) is 6.92 Å². The number of esters is 1. The van der Waals surface area contributed by atoms with Crippen LogP contribution in [0.25, 0.3) is 0 Å². The molecule has 0 aromatic rings. The van der Waals surface area contributed by atoms with Gasteiger partial charge in [0.25, 0.3) is 0 Å². The van der Waals surface area contributed by atoms with Crippen LogP contribution in [0.2, 0.25) is 0 Å². The van der Waals surface area contributed by atoms with Crippen LogP contribution in [0.1, 0.15) is 6.92 Å². The molecular formula is C8H12N2O3. The Morgan fingerprint density at radius 2 is 2.23 bits per heavy atom. The van der Waals surface area contributed by atoms with Crippen LogP contribution >= 0.6 is 0 Å². The molecule has 5 nitrogen and oxygen atoms in total. The molecule has 0 aliphatic rings. The van der Waals surface area contributed by atoms with Gasteiger partial charge in [-0.1, -0.05) is 0 Å². The Hall–Kier alpha value is -1.61. The Labute approximate surface area is 76.7 Å². The van der Waals surface area contributed by atoms with Gasteiger partial charge in [-0.25, -0.2) is 9.59 Å². The molecule has 5 heteroatoms. The van der Waals surface area contributed by atoms with Crippen molar-refractivity contribution in [1.82, 2.24) is 4.90 Å². The summed E-state index contributed by atoms with van der Waals surface area (Å²) >= 11 is 0. The van der Waals surface area contributed by atoms with Gasteiger partial charge in [0.15, 0.2) is 0 Å². The van der Waals surface area contributed by atoms with E-state index in [1.165, 1.54) is 11.0 Å². The zero-order valence-electron chi connectivity index (χ0n) is 7.90. The largest absolute Gasteiger partial charge is 0.461 e. The third-order valence-corrected chi connectivity index (χ3v) is 1.21. The monoisotopic (exact) mass is 184 g/mol. The first-order valence-electron chi connectivity index (χ1n) is 3.75. The first-order chi connectivity index (χ1) is 6.13. The highest BCUT2D eigenvalue weighted by Crippen LogP contribution is 2.01. The zero-order valence-corrected chi connectivity index (χ0v) is 7.90. The highest BCUT2D eigenvalue weighted by atomic mass is 16.5. The third-order valence-electron chi connectivity index (χ3n) is 1.21. The molecular weight excluding hydrogens is 172 g/mol. The number of isocyanates is 1. The lowest BCUT2D eigenvalue weighted by Crippen LogP contribution is -2.21. The van der Waals surface area contributed by atoms with E-state index in [0.29, 0.717) is 0 Å². The second-order valence-corrected chi connectivity index (χ2v) is 2.35. The molecule has 0 N–H and O–H groups in total. The van der Waals surface area contributed by atoms with Crippen molar-refractivity contribution in [3.8, 4) is 0 Å². The molecule has 0 rings (SSSR count). The fourth-order valence-electron chi connectivity index (χ4n) is 0.643. The SMILES string of the molecule is CCOC(=O)/C(=C/N=C=O)N(C)C. The van der Waals surface area contributed by atoms with Gasteiger partial charge in [-0.2, -0.15) is 4.99 Å². The maximum Gasteiger partial charge on any atom is 0.356 e. The average Bonchev–Trinajstić information content (AvgIpc) is 2.05. The molecule has 0 aliphatic heterocycles. The van der Waals surface area contributed by atoms with E-state index in [9.17, 15) is 9.59 Å². The van der Waals surface area contributed by atoms with Crippen LogP contribution in [0.3, 0.4) is 0 Å². The van der Waals surface area contributed by atoms with Crippen LogP contribution in [0, 0.1) is 0 Å². The summed E-state index contributed by atoms with van der Waals surface area (Å²) in [4.78, 5) is 25.7. The molecule has 0 amide bonds. The minimum atomic E-state index is -0.508. The normalized spacial score (nSPS) is 10.2. The van der Waals surface area contributed by atoms with Gasteiger partial charge in [0.2, 0.25) is 6.08 Å². The predicted molar refractivity (Wildman–Crippen MR) is 46.5 cm³/mol. The molecule has 0 aromatic carbocycles. The molecule has 0 heterocycles. The topological polar surface area (TPSA) is 59.0 Å². The molecule has 0 saturated carbocycles. The van der Waals surface area contributed by atoms with Gasteiger partial charge in [-0.15, -0.1) is 0 Å². The standard InChI is InChI=1S/C8H12N2O3/c1-4-13-8(12)7(10(2)3)5-9-6-11/h5H,4H2,1-3H3/b7-5-. The summed E-state index contributed by atoms with van der Waals surface area (Å²) in [6.07, 6.45) is 2.43. The van der Waals surface area contributed by atoms with Crippen LogP contribution in [0.15, 0.2) is 16.9 Å². The highest BCUT2D eigenvalue weighted by molar-refractivity contribution is 5.87. The second kappa shape index (κ2) is 5.97. The Morgan fingerprint density at radius 3 is 2.62 bits per heavy atom. The van der Waals surface area contributed by atoms with Crippen molar-refractivity contribution >= 4 is 12.0 Å². The number of ether oxygens (including phenoxy) is 1. The smallest absolute Gasteiger partial charge is 0.356 e. The summed E-state index contributed by atoms with van der Waals surface area (Å²) in [7, 11) is 3.31. The summed E-state index contributed by atoms with van der Waals surface area (Å²) < 4.78 is 4.72. The third kappa shape index (κ3) is 4.08. The van der Waals surface area contributed by atoms with Crippen LogP contribution in [0.5, 0.6) is 0 Å². The van der Waals surface area contributed by atoms with E-state index < -0.39 is 5.97 Å². The van der Waals surface area contributed by atoms with Gasteiger partial charge in [0.05, 0.1) is 12.8 Å². The van der Waals surface area contributed by atoms with Crippen molar-refractivity contribution < 1.29 is 14.3 Å².